The maximum Gasteiger partial charge on any atom is 0.123 e. The van der Waals surface area contributed by atoms with Crippen molar-refractivity contribution in [1.29, 1.82) is 0 Å². The van der Waals surface area contributed by atoms with Gasteiger partial charge < -0.3 is 4.74 Å². The quantitative estimate of drug-likeness (QED) is 0.747. The molecule has 0 saturated carbocycles. The first-order chi connectivity index (χ1) is 6.65. The lowest BCUT2D eigenvalue weighted by Crippen LogP contribution is -2.00. The summed E-state index contributed by atoms with van der Waals surface area (Å²) in [6.07, 6.45) is 0.847. The minimum Gasteiger partial charge on any atom is -0.385 e. The molecule has 0 aliphatic heterocycles. The average Bonchev–Trinajstić information content (AvgIpc) is 2.18. The van der Waals surface area contributed by atoms with Gasteiger partial charge in [0.25, 0.3) is 0 Å². The van der Waals surface area contributed by atoms with Crippen molar-refractivity contribution >= 4 is 11.6 Å². The van der Waals surface area contributed by atoms with Crippen LogP contribution in [0.1, 0.15) is 24.8 Å². The Balaban J connectivity index is 2.77. The van der Waals surface area contributed by atoms with Gasteiger partial charge in [-0.05, 0) is 36.1 Å². The number of rotatable bonds is 4. The third-order valence-corrected chi connectivity index (χ3v) is 2.59. The van der Waals surface area contributed by atoms with E-state index in [1.54, 1.807) is 13.2 Å². The van der Waals surface area contributed by atoms with Crippen LogP contribution in [0.5, 0.6) is 0 Å². The van der Waals surface area contributed by atoms with Crippen LogP contribution in [-0.4, -0.2) is 13.7 Å². The molecule has 0 aliphatic carbocycles. The summed E-state index contributed by atoms with van der Waals surface area (Å²) in [4.78, 5) is 0. The lowest BCUT2D eigenvalue weighted by molar-refractivity contribution is 0.189. The molecule has 0 aliphatic rings. The van der Waals surface area contributed by atoms with Gasteiger partial charge in [-0.15, -0.1) is 0 Å². The summed E-state index contributed by atoms with van der Waals surface area (Å²) in [6.45, 7) is 2.67. The van der Waals surface area contributed by atoms with Crippen LogP contribution in [0, 0.1) is 5.82 Å². The summed E-state index contributed by atoms with van der Waals surface area (Å²) in [5.74, 6) is -0.0215. The van der Waals surface area contributed by atoms with E-state index >= 15 is 0 Å². The van der Waals surface area contributed by atoms with Crippen LogP contribution >= 0.6 is 11.6 Å². The molecule has 78 valence electrons. The first-order valence-electron chi connectivity index (χ1n) is 4.59. The van der Waals surface area contributed by atoms with Gasteiger partial charge >= 0.3 is 0 Å². The van der Waals surface area contributed by atoms with Crippen molar-refractivity contribution in [2.75, 3.05) is 13.7 Å². The van der Waals surface area contributed by atoms with E-state index in [1.807, 2.05) is 6.92 Å². The fourth-order valence-corrected chi connectivity index (χ4v) is 1.65. The zero-order valence-electron chi connectivity index (χ0n) is 8.39. The Labute approximate surface area is 88.8 Å². The van der Waals surface area contributed by atoms with Crippen molar-refractivity contribution in [2.45, 2.75) is 19.3 Å². The fourth-order valence-electron chi connectivity index (χ4n) is 1.34. The van der Waals surface area contributed by atoms with E-state index in [2.05, 4.69) is 0 Å². The van der Waals surface area contributed by atoms with Crippen molar-refractivity contribution in [3.8, 4) is 0 Å². The Bertz CT molecular complexity index is 301. The first kappa shape index (κ1) is 11.5. The molecule has 1 aromatic rings. The minimum absolute atomic E-state index is 0.221. The molecule has 3 heteroatoms. The molecule has 14 heavy (non-hydrogen) atoms. The van der Waals surface area contributed by atoms with E-state index in [1.165, 1.54) is 12.1 Å². The second-order valence-electron chi connectivity index (χ2n) is 3.35. The fraction of sp³-hybridized carbons (Fsp3) is 0.455. The molecule has 1 aromatic carbocycles. The third-order valence-electron chi connectivity index (χ3n) is 2.24. The van der Waals surface area contributed by atoms with E-state index in [9.17, 15) is 4.39 Å². The number of halogens is 2. The highest BCUT2D eigenvalue weighted by atomic mass is 35.5. The first-order valence-corrected chi connectivity index (χ1v) is 4.97. The highest BCUT2D eigenvalue weighted by Crippen LogP contribution is 2.27. The van der Waals surface area contributed by atoms with E-state index in [4.69, 9.17) is 16.3 Å². The van der Waals surface area contributed by atoms with Crippen molar-refractivity contribution in [1.82, 2.24) is 0 Å². The summed E-state index contributed by atoms with van der Waals surface area (Å²) < 4.78 is 17.9. The Kier molecular flexibility index (Phi) is 4.36. The number of hydrogen-bond acceptors (Lipinski definition) is 1. The SMILES string of the molecule is COCCC(C)c1cc(F)ccc1Cl. The Morgan fingerprint density at radius 1 is 1.50 bits per heavy atom. The maximum absolute atomic E-state index is 12.9. The third kappa shape index (κ3) is 2.96. The molecule has 0 radical (unpaired) electrons. The normalized spacial score (nSPS) is 12.9. The van der Waals surface area contributed by atoms with Gasteiger partial charge in [0.2, 0.25) is 0 Å². The van der Waals surface area contributed by atoms with Gasteiger partial charge in [-0.2, -0.15) is 0 Å². The van der Waals surface area contributed by atoms with E-state index < -0.39 is 0 Å². The average molecular weight is 217 g/mol. The van der Waals surface area contributed by atoms with Crippen LogP contribution < -0.4 is 0 Å². The highest BCUT2D eigenvalue weighted by Gasteiger charge is 2.10. The summed E-state index contributed by atoms with van der Waals surface area (Å²) >= 11 is 5.96. The smallest absolute Gasteiger partial charge is 0.123 e. The number of benzene rings is 1. The molecule has 1 unspecified atom stereocenters. The van der Waals surface area contributed by atoms with Gasteiger partial charge in [0, 0.05) is 18.7 Å². The van der Waals surface area contributed by atoms with Crippen molar-refractivity contribution in [2.24, 2.45) is 0 Å². The Hall–Kier alpha value is -0.600. The van der Waals surface area contributed by atoms with E-state index in [0.29, 0.717) is 11.6 Å². The van der Waals surface area contributed by atoms with Crippen LogP contribution in [0.15, 0.2) is 18.2 Å². The zero-order valence-corrected chi connectivity index (χ0v) is 9.14. The summed E-state index contributed by atoms with van der Waals surface area (Å²) in [5, 5.41) is 0.620. The number of methoxy groups -OCH3 is 1. The monoisotopic (exact) mass is 216 g/mol. The van der Waals surface area contributed by atoms with Crippen LogP contribution in [0.3, 0.4) is 0 Å². The molecular weight excluding hydrogens is 203 g/mol. The molecule has 1 atom stereocenters. The van der Waals surface area contributed by atoms with E-state index in [0.717, 1.165) is 12.0 Å². The van der Waals surface area contributed by atoms with Crippen LogP contribution in [0.2, 0.25) is 5.02 Å². The molecule has 0 N–H and O–H groups in total. The largest absolute Gasteiger partial charge is 0.385 e. The summed E-state index contributed by atoms with van der Waals surface area (Å²) in [7, 11) is 1.65. The second kappa shape index (κ2) is 5.32. The molecule has 0 aromatic heterocycles. The van der Waals surface area contributed by atoms with Crippen molar-refractivity contribution in [3.63, 3.8) is 0 Å². The summed E-state index contributed by atoms with van der Waals surface area (Å²) in [5.41, 5.74) is 0.851. The van der Waals surface area contributed by atoms with Gasteiger partial charge in [-0.3, -0.25) is 0 Å². The van der Waals surface area contributed by atoms with Crippen LogP contribution in [0.4, 0.5) is 4.39 Å². The molecule has 1 rings (SSSR count). The van der Waals surface area contributed by atoms with Gasteiger partial charge in [-0.25, -0.2) is 4.39 Å². The Morgan fingerprint density at radius 2 is 2.21 bits per heavy atom. The molecule has 0 spiro atoms. The second-order valence-corrected chi connectivity index (χ2v) is 3.76. The van der Waals surface area contributed by atoms with Gasteiger partial charge in [0.05, 0.1) is 0 Å². The molecule has 0 fully saturated rings. The summed E-state index contributed by atoms with van der Waals surface area (Å²) in [6, 6.07) is 4.45. The lowest BCUT2D eigenvalue weighted by Gasteiger charge is -2.12. The molecule has 0 heterocycles. The molecule has 0 saturated heterocycles. The standard InChI is InChI=1S/C11H14ClFO/c1-8(5-6-14-2)10-7-9(13)3-4-11(10)12/h3-4,7-8H,5-6H2,1-2H3. The van der Waals surface area contributed by atoms with Gasteiger partial charge in [0.15, 0.2) is 0 Å². The zero-order chi connectivity index (χ0) is 10.6. The molecular formula is C11H14ClFO. The highest BCUT2D eigenvalue weighted by molar-refractivity contribution is 6.31. The van der Waals surface area contributed by atoms with Gasteiger partial charge in [0.1, 0.15) is 5.82 Å². The molecule has 1 nitrogen and oxygen atoms in total. The molecule has 0 bridgehead atoms. The van der Waals surface area contributed by atoms with Crippen LogP contribution in [0.25, 0.3) is 0 Å². The predicted octanol–water partition coefficient (Wildman–Crippen LogP) is 3.62. The lowest BCUT2D eigenvalue weighted by atomic mass is 9.98. The van der Waals surface area contributed by atoms with Crippen molar-refractivity contribution < 1.29 is 9.13 Å². The minimum atomic E-state index is -0.242. The predicted molar refractivity (Wildman–Crippen MR) is 56.3 cm³/mol. The topological polar surface area (TPSA) is 9.23 Å². The number of ether oxygens (including phenoxy) is 1. The van der Waals surface area contributed by atoms with Gasteiger partial charge in [-0.1, -0.05) is 18.5 Å². The van der Waals surface area contributed by atoms with E-state index in [-0.39, 0.29) is 11.7 Å². The molecule has 0 amide bonds. The Morgan fingerprint density at radius 3 is 2.86 bits per heavy atom. The maximum atomic E-state index is 12.9. The number of hydrogen-bond donors (Lipinski definition) is 0. The van der Waals surface area contributed by atoms with Crippen LogP contribution in [-0.2, 0) is 4.74 Å². The van der Waals surface area contributed by atoms with Crippen molar-refractivity contribution in [3.05, 3.63) is 34.6 Å².